The summed E-state index contributed by atoms with van der Waals surface area (Å²) in [6.45, 7) is 11.3. The van der Waals surface area contributed by atoms with Crippen LogP contribution in [0, 0.1) is 41.5 Å². The summed E-state index contributed by atoms with van der Waals surface area (Å²) in [4.78, 5) is 34.3. The van der Waals surface area contributed by atoms with Crippen molar-refractivity contribution in [2.45, 2.75) is 48.0 Å². The van der Waals surface area contributed by atoms with Crippen LogP contribution >= 0.6 is 11.3 Å². The summed E-state index contributed by atoms with van der Waals surface area (Å²) < 4.78 is 1.66. The van der Waals surface area contributed by atoms with Gasteiger partial charge in [0, 0.05) is 27.5 Å². The molecule has 3 rings (SSSR count). The van der Waals surface area contributed by atoms with Crippen LogP contribution in [0.15, 0.2) is 6.07 Å². The fourth-order valence-corrected chi connectivity index (χ4v) is 4.35. The Balaban J connectivity index is 1.88. The zero-order valence-electron chi connectivity index (χ0n) is 17.4. The molecule has 0 fully saturated rings. The molecule has 0 atom stereocenters. The fourth-order valence-electron chi connectivity index (χ4n) is 3.27. The Kier molecular flexibility index (Phi) is 5.52. The Morgan fingerprint density at radius 3 is 2.31 bits per heavy atom. The first-order valence-corrected chi connectivity index (χ1v) is 9.97. The van der Waals surface area contributed by atoms with Crippen molar-refractivity contribution in [1.82, 2.24) is 19.7 Å². The summed E-state index contributed by atoms with van der Waals surface area (Å²) in [7, 11) is 0. The maximum atomic E-state index is 12.7. The average Bonchev–Trinajstić information content (AvgIpc) is 3.04. The standard InChI is InChI=1S/C20H24N6O2S/c1-9-7-10(2)23-20(22-9)26-13(5)15(12(4)25-26)8-16(27)24-19-17(18(21)28)11(3)14(6)29-19/h7H,8H2,1-6H3,(H2,21,28)(H,24,27). The number of aryl methyl sites for hydroxylation is 4. The Hall–Kier alpha value is -3.07. The number of thiophene rings is 1. The van der Waals surface area contributed by atoms with Crippen LogP contribution in [0.5, 0.6) is 0 Å². The van der Waals surface area contributed by atoms with E-state index in [4.69, 9.17) is 5.73 Å². The number of amides is 2. The highest BCUT2D eigenvalue weighted by Crippen LogP contribution is 2.32. The van der Waals surface area contributed by atoms with Gasteiger partial charge in [-0.15, -0.1) is 11.3 Å². The summed E-state index contributed by atoms with van der Waals surface area (Å²) in [6, 6.07) is 1.89. The van der Waals surface area contributed by atoms with Gasteiger partial charge in [-0.3, -0.25) is 9.59 Å². The predicted octanol–water partition coefficient (Wildman–Crippen LogP) is 2.85. The number of nitrogens with zero attached hydrogens (tertiary/aromatic N) is 4. The quantitative estimate of drug-likeness (QED) is 0.668. The molecule has 0 aliphatic heterocycles. The Labute approximate surface area is 173 Å². The fraction of sp³-hybridized carbons (Fsp3) is 0.350. The monoisotopic (exact) mass is 412 g/mol. The SMILES string of the molecule is Cc1cc(C)nc(-n2nc(C)c(CC(=O)Nc3sc(C)c(C)c3C(N)=O)c2C)n1. The predicted molar refractivity (Wildman–Crippen MR) is 113 cm³/mol. The molecule has 0 aromatic carbocycles. The van der Waals surface area contributed by atoms with E-state index in [1.54, 1.807) is 4.68 Å². The second-order valence-corrected chi connectivity index (χ2v) is 8.31. The average molecular weight is 413 g/mol. The van der Waals surface area contributed by atoms with Crippen molar-refractivity contribution < 1.29 is 9.59 Å². The molecule has 3 aromatic rings. The largest absolute Gasteiger partial charge is 0.365 e. The third kappa shape index (κ3) is 4.04. The Morgan fingerprint density at radius 2 is 1.72 bits per heavy atom. The van der Waals surface area contributed by atoms with E-state index in [9.17, 15) is 9.59 Å². The van der Waals surface area contributed by atoms with Crippen LogP contribution in [0.4, 0.5) is 5.00 Å². The van der Waals surface area contributed by atoms with Gasteiger partial charge in [0.15, 0.2) is 0 Å². The lowest BCUT2D eigenvalue weighted by molar-refractivity contribution is -0.115. The normalized spacial score (nSPS) is 11.0. The number of hydrogen-bond acceptors (Lipinski definition) is 6. The lowest BCUT2D eigenvalue weighted by Crippen LogP contribution is -2.19. The molecule has 152 valence electrons. The summed E-state index contributed by atoms with van der Waals surface area (Å²) in [5.41, 5.74) is 10.7. The number of anilines is 1. The highest BCUT2D eigenvalue weighted by atomic mass is 32.1. The van der Waals surface area contributed by atoms with Crippen LogP contribution in [0.3, 0.4) is 0 Å². The highest BCUT2D eigenvalue weighted by Gasteiger charge is 2.21. The Bertz CT molecular complexity index is 1110. The Morgan fingerprint density at radius 1 is 1.10 bits per heavy atom. The first kappa shape index (κ1) is 20.7. The molecule has 9 heteroatoms. The minimum atomic E-state index is -0.547. The van der Waals surface area contributed by atoms with E-state index in [1.807, 2.05) is 47.6 Å². The van der Waals surface area contributed by atoms with Crippen molar-refractivity contribution in [3.05, 3.63) is 50.4 Å². The maximum Gasteiger partial charge on any atom is 0.251 e. The van der Waals surface area contributed by atoms with E-state index < -0.39 is 5.91 Å². The number of nitrogens with one attached hydrogen (secondary N) is 1. The molecule has 0 aliphatic rings. The zero-order chi connectivity index (χ0) is 21.5. The highest BCUT2D eigenvalue weighted by molar-refractivity contribution is 7.16. The first-order chi connectivity index (χ1) is 13.6. The topological polar surface area (TPSA) is 116 Å². The van der Waals surface area contributed by atoms with Crippen LogP contribution in [0.1, 0.15) is 49.1 Å². The van der Waals surface area contributed by atoms with Crippen molar-refractivity contribution in [2.24, 2.45) is 5.73 Å². The summed E-state index contributed by atoms with van der Waals surface area (Å²) >= 11 is 1.35. The number of carbonyl (C=O) groups excluding carboxylic acids is 2. The third-order valence-corrected chi connectivity index (χ3v) is 5.95. The molecule has 0 spiro atoms. The summed E-state index contributed by atoms with van der Waals surface area (Å²) in [5, 5.41) is 7.85. The van der Waals surface area contributed by atoms with E-state index >= 15 is 0 Å². The molecule has 0 aliphatic carbocycles. The minimum absolute atomic E-state index is 0.122. The van der Waals surface area contributed by atoms with Gasteiger partial charge in [-0.2, -0.15) is 5.10 Å². The molecule has 8 nitrogen and oxygen atoms in total. The van der Waals surface area contributed by atoms with Crippen molar-refractivity contribution in [3.63, 3.8) is 0 Å². The van der Waals surface area contributed by atoms with Crippen molar-refractivity contribution in [1.29, 1.82) is 0 Å². The smallest absolute Gasteiger partial charge is 0.251 e. The van der Waals surface area contributed by atoms with E-state index in [-0.39, 0.29) is 12.3 Å². The van der Waals surface area contributed by atoms with Gasteiger partial charge < -0.3 is 11.1 Å². The summed E-state index contributed by atoms with van der Waals surface area (Å²) in [6.07, 6.45) is 0.122. The molecule has 2 amide bonds. The first-order valence-electron chi connectivity index (χ1n) is 9.15. The molecule has 0 bridgehead atoms. The van der Waals surface area contributed by atoms with Gasteiger partial charge >= 0.3 is 0 Å². The van der Waals surface area contributed by atoms with E-state index in [1.165, 1.54) is 11.3 Å². The van der Waals surface area contributed by atoms with E-state index in [2.05, 4.69) is 20.4 Å². The number of rotatable bonds is 5. The number of aromatic nitrogens is 4. The lowest BCUT2D eigenvalue weighted by Gasteiger charge is -2.07. The molecular weight excluding hydrogens is 388 g/mol. The van der Waals surface area contributed by atoms with Crippen LogP contribution in [0.25, 0.3) is 5.95 Å². The van der Waals surface area contributed by atoms with Crippen molar-refractivity contribution >= 4 is 28.2 Å². The minimum Gasteiger partial charge on any atom is -0.365 e. The van der Waals surface area contributed by atoms with E-state index in [0.29, 0.717) is 16.5 Å². The van der Waals surface area contributed by atoms with Crippen molar-refractivity contribution in [3.8, 4) is 5.95 Å². The molecule has 0 saturated carbocycles. The molecule has 0 radical (unpaired) electrons. The number of nitrogens with two attached hydrogens (primary N) is 1. The number of hydrogen-bond donors (Lipinski definition) is 2. The third-order valence-electron chi connectivity index (χ3n) is 4.82. The summed E-state index contributed by atoms with van der Waals surface area (Å²) in [5.74, 6) is -0.301. The molecule has 3 aromatic heterocycles. The molecular formula is C20H24N6O2S. The van der Waals surface area contributed by atoms with Gasteiger partial charge in [0.05, 0.1) is 17.7 Å². The van der Waals surface area contributed by atoms with Crippen LogP contribution in [-0.4, -0.2) is 31.6 Å². The molecule has 0 saturated heterocycles. The second-order valence-electron chi connectivity index (χ2n) is 7.09. The molecule has 3 heterocycles. The van der Waals surface area contributed by atoms with Gasteiger partial charge in [-0.1, -0.05) is 0 Å². The zero-order valence-corrected chi connectivity index (χ0v) is 18.2. The van der Waals surface area contributed by atoms with Gasteiger partial charge in [-0.25, -0.2) is 14.6 Å². The van der Waals surface area contributed by atoms with Crippen molar-refractivity contribution in [2.75, 3.05) is 5.32 Å². The molecule has 3 N–H and O–H groups in total. The van der Waals surface area contributed by atoms with Gasteiger partial charge in [-0.05, 0) is 53.2 Å². The second kappa shape index (κ2) is 7.75. The van der Waals surface area contributed by atoms with Crippen LogP contribution in [0.2, 0.25) is 0 Å². The van der Waals surface area contributed by atoms with Gasteiger partial charge in [0.2, 0.25) is 5.91 Å². The number of carbonyl (C=O) groups is 2. The maximum absolute atomic E-state index is 12.7. The molecule has 0 unspecified atom stereocenters. The van der Waals surface area contributed by atoms with Crippen LogP contribution < -0.4 is 11.1 Å². The van der Waals surface area contributed by atoms with Crippen LogP contribution in [-0.2, 0) is 11.2 Å². The number of primary amides is 1. The van der Waals surface area contributed by atoms with E-state index in [0.717, 1.165) is 38.8 Å². The van der Waals surface area contributed by atoms with Gasteiger partial charge in [0.1, 0.15) is 5.00 Å². The lowest BCUT2D eigenvalue weighted by atomic mass is 10.1. The van der Waals surface area contributed by atoms with Gasteiger partial charge in [0.25, 0.3) is 11.9 Å². The molecule has 29 heavy (non-hydrogen) atoms.